The van der Waals surface area contributed by atoms with Crippen LogP contribution in [0.1, 0.15) is 0 Å². The highest BCUT2D eigenvalue weighted by molar-refractivity contribution is 6.36. The second-order valence-corrected chi connectivity index (χ2v) is 5.08. The van der Waals surface area contributed by atoms with Gasteiger partial charge in [0.05, 0.1) is 5.69 Å². The Morgan fingerprint density at radius 1 is 1.27 bits per heavy atom. The van der Waals surface area contributed by atoms with Crippen LogP contribution in [0.3, 0.4) is 0 Å². The van der Waals surface area contributed by atoms with E-state index in [1.165, 1.54) is 0 Å². The van der Waals surface area contributed by atoms with Gasteiger partial charge in [0.25, 0.3) is 0 Å². The van der Waals surface area contributed by atoms with Gasteiger partial charge in [-0.25, -0.2) is 10.5 Å². The molecule has 2 heterocycles. The number of halogens is 1. The standard InChI is InChI=1S/C14H13BClN5O/c15-10-8-18-21-13(17-5-6-19-22)7-12(20-14(10)21)9-3-1-2-4-11(9)16/h1-4,7-8,17,19,22H,5-6H2. The molecule has 0 aliphatic heterocycles. The van der Waals surface area contributed by atoms with Crippen molar-refractivity contribution in [3.63, 3.8) is 0 Å². The van der Waals surface area contributed by atoms with E-state index in [1.54, 1.807) is 10.7 Å². The smallest absolute Gasteiger partial charge is 0.150 e. The van der Waals surface area contributed by atoms with Crippen molar-refractivity contribution in [2.75, 3.05) is 18.4 Å². The minimum atomic E-state index is 0.391. The van der Waals surface area contributed by atoms with Crippen molar-refractivity contribution in [1.29, 1.82) is 0 Å². The van der Waals surface area contributed by atoms with Crippen LogP contribution in [-0.2, 0) is 0 Å². The summed E-state index contributed by atoms with van der Waals surface area (Å²) in [6, 6.07) is 9.31. The lowest BCUT2D eigenvalue weighted by Gasteiger charge is -2.11. The first-order chi connectivity index (χ1) is 10.7. The van der Waals surface area contributed by atoms with E-state index in [0.717, 1.165) is 5.56 Å². The summed E-state index contributed by atoms with van der Waals surface area (Å²) in [5, 5.41) is 16.7. The van der Waals surface area contributed by atoms with Crippen LogP contribution in [-0.4, -0.2) is 40.7 Å². The molecule has 3 aromatic rings. The van der Waals surface area contributed by atoms with Crippen molar-refractivity contribution in [1.82, 2.24) is 20.1 Å². The Hall–Kier alpha value is -2.09. The second-order valence-electron chi connectivity index (χ2n) is 4.68. The first kappa shape index (κ1) is 14.8. The predicted octanol–water partition coefficient (Wildman–Crippen LogP) is 1.23. The maximum absolute atomic E-state index is 8.67. The largest absolute Gasteiger partial charge is 0.369 e. The molecule has 0 aliphatic carbocycles. The molecule has 0 unspecified atom stereocenters. The van der Waals surface area contributed by atoms with E-state index >= 15 is 0 Å². The summed E-state index contributed by atoms with van der Waals surface area (Å²) < 4.78 is 1.62. The first-order valence-electron chi connectivity index (χ1n) is 6.70. The molecule has 22 heavy (non-hydrogen) atoms. The minimum Gasteiger partial charge on any atom is -0.369 e. The average molecular weight is 314 g/mol. The topological polar surface area (TPSA) is 74.5 Å². The summed E-state index contributed by atoms with van der Waals surface area (Å²) in [6.45, 7) is 0.902. The molecule has 0 atom stereocenters. The zero-order valence-electron chi connectivity index (χ0n) is 11.6. The third-order valence-corrected chi connectivity index (χ3v) is 3.52. The maximum Gasteiger partial charge on any atom is 0.150 e. The number of aromatic nitrogens is 3. The minimum absolute atomic E-state index is 0.391. The molecule has 0 saturated heterocycles. The molecule has 6 nitrogen and oxygen atoms in total. The Balaban J connectivity index is 2.11. The van der Waals surface area contributed by atoms with Crippen molar-refractivity contribution >= 4 is 36.4 Å². The fourth-order valence-corrected chi connectivity index (χ4v) is 2.39. The molecule has 2 aromatic heterocycles. The number of fused-ring (bicyclic) bond motifs is 1. The predicted molar refractivity (Wildman–Crippen MR) is 87.1 cm³/mol. The summed E-state index contributed by atoms with van der Waals surface area (Å²) >= 11 is 6.25. The molecule has 0 saturated carbocycles. The molecule has 0 bridgehead atoms. The van der Waals surface area contributed by atoms with Gasteiger partial charge in [-0.2, -0.15) is 9.61 Å². The van der Waals surface area contributed by atoms with Gasteiger partial charge < -0.3 is 10.5 Å². The van der Waals surface area contributed by atoms with Crippen molar-refractivity contribution in [3.05, 3.63) is 41.6 Å². The number of nitrogens with zero attached hydrogens (tertiary/aromatic N) is 3. The number of benzene rings is 1. The summed E-state index contributed by atoms with van der Waals surface area (Å²) in [7, 11) is 5.93. The Morgan fingerprint density at radius 2 is 2.09 bits per heavy atom. The molecule has 1 aromatic carbocycles. The zero-order valence-corrected chi connectivity index (χ0v) is 12.4. The highest BCUT2D eigenvalue weighted by Crippen LogP contribution is 2.28. The second kappa shape index (κ2) is 6.35. The number of nitrogens with one attached hydrogen (secondary N) is 2. The Morgan fingerprint density at radius 3 is 2.86 bits per heavy atom. The third kappa shape index (κ3) is 2.78. The van der Waals surface area contributed by atoms with E-state index < -0.39 is 0 Å². The number of rotatable bonds is 5. The quantitative estimate of drug-likeness (QED) is 0.375. The lowest BCUT2D eigenvalue weighted by Crippen LogP contribution is -2.20. The van der Waals surface area contributed by atoms with Gasteiger partial charge >= 0.3 is 0 Å². The molecule has 0 spiro atoms. The lowest BCUT2D eigenvalue weighted by molar-refractivity contribution is 0.171. The number of hydrogen-bond donors (Lipinski definition) is 3. The number of anilines is 1. The summed E-state index contributed by atoms with van der Waals surface area (Å²) in [4.78, 5) is 4.54. The van der Waals surface area contributed by atoms with E-state index in [-0.39, 0.29) is 0 Å². The van der Waals surface area contributed by atoms with Crippen LogP contribution in [0.15, 0.2) is 36.5 Å². The van der Waals surface area contributed by atoms with E-state index in [4.69, 9.17) is 24.7 Å². The highest BCUT2D eigenvalue weighted by Gasteiger charge is 2.11. The van der Waals surface area contributed by atoms with Gasteiger partial charge in [0.2, 0.25) is 0 Å². The molecule has 8 heteroatoms. The molecule has 0 aliphatic rings. The van der Waals surface area contributed by atoms with Gasteiger partial charge in [0.15, 0.2) is 5.65 Å². The van der Waals surface area contributed by atoms with E-state index in [9.17, 15) is 0 Å². The Bertz CT molecular complexity index is 807. The SMILES string of the molecule is [B]c1cnn2c(NCCNO)cc(-c3ccccc3Cl)nc12. The van der Waals surface area contributed by atoms with Crippen LogP contribution < -0.4 is 16.3 Å². The number of hydrogen-bond acceptors (Lipinski definition) is 5. The van der Waals surface area contributed by atoms with Crippen LogP contribution in [0.25, 0.3) is 16.9 Å². The number of hydroxylamine groups is 1. The molecule has 3 rings (SSSR count). The van der Waals surface area contributed by atoms with Gasteiger partial charge in [-0.1, -0.05) is 29.8 Å². The van der Waals surface area contributed by atoms with E-state index in [0.29, 0.717) is 40.7 Å². The van der Waals surface area contributed by atoms with Crippen LogP contribution in [0.4, 0.5) is 5.82 Å². The molecule has 3 N–H and O–H groups in total. The summed E-state index contributed by atoms with van der Waals surface area (Å²) in [5.74, 6) is 0.715. The molecule has 110 valence electrons. The van der Waals surface area contributed by atoms with Gasteiger partial charge in [-0.3, -0.25) is 0 Å². The van der Waals surface area contributed by atoms with Gasteiger partial charge in [-0.15, -0.1) is 0 Å². The van der Waals surface area contributed by atoms with Crippen molar-refractivity contribution in [2.45, 2.75) is 0 Å². The van der Waals surface area contributed by atoms with Crippen molar-refractivity contribution in [3.8, 4) is 11.3 Å². The average Bonchev–Trinajstić information content (AvgIpc) is 2.90. The molecule has 0 fully saturated rings. The van der Waals surface area contributed by atoms with Gasteiger partial charge in [-0.05, 0) is 11.5 Å². The third-order valence-electron chi connectivity index (χ3n) is 3.19. The summed E-state index contributed by atoms with van der Waals surface area (Å²) in [5.41, 5.74) is 4.64. The normalized spacial score (nSPS) is 11.0. The first-order valence-corrected chi connectivity index (χ1v) is 7.08. The van der Waals surface area contributed by atoms with Gasteiger partial charge in [0, 0.05) is 35.9 Å². The molecule has 0 amide bonds. The fraction of sp³-hybridized carbons (Fsp3) is 0.143. The van der Waals surface area contributed by atoms with Gasteiger partial charge in [0.1, 0.15) is 13.7 Å². The monoisotopic (exact) mass is 313 g/mol. The van der Waals surface area contributed by atoms with Crippen LogP contribution in [0.2, 0.25) is 5.02 Å². The zero-order chi connectivity index (χ0) is 15.5. The van der Waals surface area contributed by atoms with Crippen molar-refractivity contribution < 1.29 is 5.21 Å². The van der Waals surface area contributed by atoms with Crippen LogP contribution in [0, 0.1) is 0 Å². The van der Waals surface area contributed by atoms with E-state index in [1.807, 2.05) is 30.3 Å². The van der Waals surface area contributed by atoms with Crippen LogP contribution >= 0.6 is 11.6 Å². The highest BCUT2D eigenvalue weighted by atomic mass is 35.5. The van der Waals surface area contributed by atoms with E-state index in [2.05, 4.69) is 20.9 Å². The Kier molecular flexibility index (Phi) is 4.28. The Labute approximate surface area is 133 Å². The molecule has 2 radical (unpaired) electrons. The molecular formula is C14H13BClN5O. The maximum atomic E-state index is 8.67. The molecular weight excluding hydrogens is 300 g/mol. The lowest BCUT2D eigenvalue weighted by atomic mass is 10.0. The summed E-state index contributed by atoms with van der Waals surface area (Å²) in [6.07, 6.45) is 1.55. The van der Waals surface area contributed by atoms with Crippen molar-refractivity contribution in [2.24, 2.45) is 0 Å². The fourth-order valence-electron chi connectivity index (χ4n) is 2.16. The van der Waals surface area contributed by atoms with Crippen LogP contribution in [0.5, 0.6) is 0 Å².